The van der Waals surface area contributed by atoms with Crippen LogP contribution >= 0.6 is 23.2 Å². The number of hydrogen-bond donors (Lipinski definition) is 2. The molecule has 0 spiro atoms. The molecule has 0 aliphatic heterocycles. The van der Waals surface area contributed by atoms with E-state index < -0.39 is 11.9 Å². The van der Waals surface area contributed by atoms with Gasteiger partial charge >= 0.3 is 11.9 Å². The predicted molar refractivity (Wildman–Crippen MR) is 190 cm³/mol. The monoisotopic (exact) mass is 678 g/mol. The number of carboxylic acid groups (broad SMARTS) is 2. The van der Waals surface area contributed by atoms with Crippen LogP contribution in [0, 0.1) is 23.7 Å². The number of benzene rings is 4. The lowest BCUT2D eigenvalue weighted by Gasteiger charge is -2.07. The molecule has 242 valence electrons. The van der Waals surface area contributed by atoms with Crippen molar-refractivity contribution in [3.8, 4) is 46.3 Å². The Labute approximate surface area is 290 Å². The summed E-state index contributed by atoms with van der Waals surface area (Å²) in [6.45, 7) is 4.37. The third-order valence-corrected chi connectivity index (χ3v) is 7.46. The minimum atomic E-state index is -0.916. The van der Waals surface area contributed by atoms with Crippen LogP contribution in [-0.4, -0.2) is 35.4 Å². The van der Waals surface area contributed by atoms with E-state index in [1.54, 1.807) is 36.4 Å². The fourth-order valence-electron chi connectivity index (χ4n) is 4.34. The summed E-state index contributed by atoms with van der Waals surface area (Å²) in [5.41, 5.74) is 6.82. The number of rotatable bonds is 11. The van der Waals surface area contributed by atoms with Crippen LogP contribution in [0.5, 0.6) is 11.5 Å². The second-order valence-corrected chi connectivity index (χ2v) is 11.5. The Hall–Kier alpha value is -5.40. The van der Waals surface area contributed by atoms with Crippen molar-refractivity contribution in [3.05, 3.63) is 141 Å². The lowest BCUT2D eigenvalue weighted by atomic mass is 10.0. The number of halogens is 2. The topological polar surface area (TPSA) is 93.1 Å². The molecule has 0 amide bonds. The van der Waals surface area contributed by atoms with Gasteiger partial charge in [0, 0.05) is 11.1 Å². The first-order valence-corrected chi connectivity index (χ1v) is 15.7. The molecule has 0 aliphatic carbocycles. The van der Waals surface area contributed by atoms with E-state index in [0.29, 0.717) is 32.7 Å². The van der Waals surface area contributed by atoms with Crippen molar-refractivity contribution in [1.29, 1.82) is 0 Å². The van der Waals surface area contributed by atoms with Crippen molar-refractivity contribution in [2.24, 2.45) is 0 Å². The fourth-order valence-corrected chi connectivity index (χ4v) is 4.86. The Bertz CT molecular complexity index is 1820. The molecular formula is C40H32Cl2O6. The number of carboxylic acids is 2. The molecule has 2 N–H and O–H groups in total. The summed E-state index contributed by atoms with van der Waals surface area (Å²) in [5, 5.41) is 18.6. The molecule has 4 rings (SSSR count). The Morgan fingerprint density at radius 2 is 1.00 bits per heavy atom. The predicted octanol–water partition coefficient (Wildman–Crippen LogP) is 8.67. The van der Waals surface area contributed by atoms with E-state index in [2.05, 4.69) is 23.7 Å². The third kappa shape index (κ3) is 11.4. The maximum absolute atomic E-state index is 10.9. The number of hydrogen-bond acceptors (Lipinski definition) is 4. The van der Waals surface area contributed by atoms with Gasteiger partial charge in [-0.3, -0.25) is 9.59 Å². The molecule has 0 unspecified atom stereocenters. The van der Waals surface area contributed by atoms with Crippen molar-refractivity contribution < 1.29 is 29.3 Å². The number of ether oxygens (including phenoxy) is 2. The SMILES string of the molecule is CC(C#Cc1ccc(-c2ccc(C#CC(C)=CCOc3ccc(CC(=O)O)cc3Cl)cc2)cc1)=CCOc1ccc(CC(=O)O)cc1Cl. The highest BCUT2D eigenvalue weighted by Crippen LogP contribution is 2.27. The van der Waals surface area contributed by atoms with Crippen molar-refractivity contribution in [2.45, 2.75) is 26.7 Å². The lowest BCUT2D eigenvalue weighted by molar-refractivity contribution is -0.137. The van der Waals surface area contributed by atoms with Gasteiger partial charge < -0.3 is 19.7 Å². The average molecular weight is 680 g/mol. The summed E-state index contributed by atoms with van der Waals surface area (Å²) >= 11 is 12.4. The van der Waals surface area contributed by atoms with Crippen LogP contribution in [0.15, 0.2) is 108 Å². The Balaban J connectivity index is 1.27. The fraction of sp³-hybridized carbons (Fsp3) is 0.150. The van der Waals surface area contributed by atoms with Crippen molar-refractivity contribution in [1.82, 2.24) is 0 Å². The second kappa shape index (κ2) is 17.5. The molecule has 0 bridgehead atoms. The minimum Gasteiger partial charge on any atom is -0.488 e. The van der Waals surface area contributed by atoms with Crippen LogP contribution in [0.3, 0.4) is 0 Å². The van der Waals surface area contributed by atoms with Gasteiger partial charge in [0.2, 0.25) is 0 Å². The van der Waals surface area contributed by atoms with Gasteiger partial charge in [-0.2, -0.15) is 0 Å². The van der Waals surface area contributed by atoms with Crippen molar-refractivity contribution >= 4 is 35.1 Å². The zero-order chi connectivity index (χ0) is 34.5. The van der Waals surface area contributed by atoms with E-state index in [4.69, 9.17) is 42.9 Å². The standard InChI is InChI=1S/C40H32Cl2O6/c1-27(19-21-47-37-17-11-31(23-35(37)41)25-39(43)44)3-5-29-7-13-33(14-8-29)34-15-9-30(10-16-34)6-4-28(2)20-22-48-38-18-12-32(24-36(38)42)26-40(45)46/h7-20,23-24H,21-22,25-26H2,1-2H3,(H,43,44)(H,45,46). The average Bonchev–Trinajstić information content (AvgIpc) is 3.05. The number of carbonyl (C=O) groups is 2. The zero-order valence-electron chi connectivity index (χ0n) is 26.3. The van der Waals surface area contributed by atoms with Gasteiger partial charge in [-0.05, 0) is 108 Å². The van der Waals surface area contributed by atoms with E-state index in [9.17, 15) is 9.59 Å². The molecular weight excluding hydrogens is 647 g/mol. The summed E-state index contributed by atoms with van der Waals surface area (Å²) in [4.78, 5) is 21.7. The summed E-state index contributed by atoms with van der Waals surface area (Å²) in [6.07, 6.45) is 3.54. The maximum atomic E-state index is 10.9. The van der Waals surface area contributed by atoms with Gasteiger partial charge in [0.05, 0.1) is 22.9 Å². The van der Waals surface area contributed by atoms with Gasteiger partial charge in [-0.1, -0.05) is 83.3 Å². The van der Waals surface area contributed by atoms with Crippen molar-refractivity contribution in [3.63, 3.8) is 0 Å². The molecule has 48 heavy (non-hydrogen) atoms. The molecule has 0 fully saturated rings. The molecule has 0 saturated carbocycles. The Morgan fingerprint density at radius 3 is 1.33 bits per heavy atom. The summed E-state index contributed by atoms with van der Waals surface area (Å²) in [6, 6.07) is 25.9. The third-order valence-electron chi connectivity index (χ3n) is 6.87. The first-order chi connectivity index (χ1) is 23.0. The number of aliphatic carboxylic acids is 2. The molecule has 0 atom stereocenters. The van der Waals surface area contributed by atoms with Gasteiger partial charge in [-0.15, -0.1) is 0 Å². The largest absolute Gasteiger partial charge is 0.488 e. The van der Waals surface area contributed by atoms with Crippen LogP contribution in [0.4, 0.5) is 0 Å². The van der Waals surface area contributed by atoms with Crippen molar-refractivity contribution in [2.75, 3.05) is 13.2 Å². The van der Waals surface area contributed by atoms with Gasteiger partial charge in [0.25, 0.3) is 0 Å². The molecule has 0 aliphatic rings. The smallest absolute Gasteiger partial charge is 0.307 e. The van der Waals surface area contributed by atoms with Gasteiger partial charge in [0.15, 0.2) is 0 Å². The minimum absolute atomic E-state index is 0.0937. The maximum Gasteiger partial charge on any atom is 0.307 e. The lowest BCUT2D eigenvalue weighted by Crippen LogP contribution is -2.01. The van der Waals surface area contributed by atoms with Gasteiger partial charge in [-0.25, -0.2) is 0 Å². The van der Waals surface area contributed by atoms with E-state index in [0.717, 1.165) is 33.4 Å². The first kappa shape index (κ1) is 35.5. The van der Waals surface area contributed by atoms with E-state index in [-0.39, 0.29) is 26.1 Å². The Kier molecular flexibility index (Phi) is 12.9. The molecule has 4 aromatic carbocycles. The molecule has 0 radical (unpaired) electrons. The highest BCUT2D eigenvalue weighted by atomic mass is 35.5. The van der Waals surface area contributed by atoms with Gasteiger partial charge in [0.1, 0.15) is 24.7 Å². The zero-order valence-corrected chi connectivity index (χ0v) is 27.9. The van der Waals surface area contributed by atoms with Crippen LogP contribution in [0.1, 0.15) is 36.1 Å². The van der Waals surface area contributed by atoms with Crippen LogP contribution in [-0.2, 0) is 22.4 Å². The summed E-state index contributed by atoms with van der Waals surface area (Å²) in [7, 11) is 0. The van der Waals surface area contributed by atoms with Crippen LogP contribution < -0.4 is 9.47 Å². The normalized spacial score (nSPS) is 11.1. The summed E-state index contributed by atoms with van der Waals surface area (Å²) < 4.78 is 11.4. The second-order valence-electron chi connectivity index (χ2n) is 10.7. The molecule has 8 heteroatoms. The quantitative estimate of drug-likeness (QED) is 0.154. The van der Waals surface area contributed by atoms with Crippen LogP contribution in [0.2, 0.25) is 10.0 Å². The number of allylic oxidation sites excluding steroid dienone is 2. The molecule has 0 heterocycles. The molecule has 0 aromatic heterocycles. The first-order valence-electron chi connectivity index (χ1n) is 14.9. The highest BCUT2D eigenvalue weighted by Gasteiger charge is 2.07. The molecule has 4 aromatic rings. The van der Waals surface area contributed by atoms with Crippen LogP contribution in [0.25, 0.3) is 11.1 Å². The van der Waals surface area contributed by atoms with E-state index >= 15 is 0 Å². The summed E-state index contributed by atoms with van der Waals surface area (Å²) in [5.74, 6) is 11.7. The molecule has 0 saturated heterocycles. The van der Waals surface area contributed by atoms with E-state index in [1.807, 2.05) is 74.5 Å². The van der Waals surface area contributed by atoms with E-state index in [1.165, 1.54) is 0 Å². The Morgan fingerprint density at radius 1 is 0.625 bits per heavy atom. The molecule has 6 nitrogen and oxygen atoms in total. The highest BCUT2D eigenvalue weighted by molar-refractivity contribution is 6.32.